The fourth-order valence-electron chi connectivity index (χ4n) is 3.78. The number of nitrogens with zero attached hydrogens (tertiary/aromatic N) is 3. The first-order valence-electron chi connectivity index (χ1n) is 9.51. The van der Waals surface area contributed by atoms with Crippen molar-refractivity contribution in [3.05, 3.63) is 17.0 Å². The van der Waals surface area contributed by atoms with E-state index in [1.165, 1.54) is 36.9 Å². The lowest BCUT2D eigenvalue weighted by Crippen LogP contribution is -2.43. The second-order valence-corrected chi connectivity index (χ2v) is 7.27. The van der Waals surface area contributed by atoms with Crippen LogP contribution in [0.1, 0.15) is 56.0 Å². The fourth-order valence-corrected chi connectivity index (χ4v) is 3.78. The molecule has 1 aromatic rings. The lowest BCUT2D eigenvalue weighted by molar-refractivity contribution is 0.138. The fraction of sp³-hybridized carbons (Fsp3) is 0.789. The SMILES string of the molecule is CCNC(=NCc1c(C)nn(C)c1C)NCC1(CCOC)CCCC1. The molecular formula is C19H35N5O. The van der Waals surface area contributed by atoms with Crippen LogP contribution in [0.4, 0.5) is 0 Å². The Bertz CT molecular complexity index is 573. The summed E-state index contributed by atoms with van der Waals surface area (Å²) in [6.45, 7) is 9.58. The van der Waals surface area contributed by atoms with Crippen molar-refractivity contribution in [2.24, 2.45) is 17.5 Å². The molecule has 0 amide bonds. The third-order valence-electron chi connectivity index (χ3n) is 5.53. The van der Waals surface area contributed by atoms with E-state index in [2.05, 4.69) is 36.5 Å². The number of hydrogen-bond acceptors (Lipinski definition) is 3. The van der Waals surface area contributed by atoms with E-state index in [0.717, 1.165) is 37.8 Å². The molecule has 6 heteroatoms. The normalized spacial score (nSPS) is 17.1. The van der Waals surface area contributed by atoms with Crippen LogP contribution < -0.4 is 10.6 Å². The zero-order valence-corrected chi connectivity index (χ0v) is 16.6. The largest absolute Gasteiger partial charge is 0.385 e. The van der Waals surface area contributed by atoms with E-state index < -0.39 is 0 Å². The minimum Gasteiger partial charge on any atom is -0.385 e. The first kappa shape index (κ1) is 19.8. The molecule has 2 N–H and O–H groups in total. The predicted octanol–water partition coefficient (Wildman–Crippen LogP) is 2.69. The Hall–Kier alpha value is -1.56. The summed E-state index contributed by atoms with van der Waals surface area (Å²) in [6, 6.07) is 0. The number of aromatic nitrogens is 2. The van der Waals surface area contributed by atoms with Gasteiger partial charge in [-0.1, -0.05) is 12.8 Å². The molecular weight excluding hydrogens is 314 g/mol. The van der Waals surface area contributed by atoms with Crippen LogP contribution in [0.3, 0.4) is 0 Å². The Balaban J connectivity index is 2.01. The minimum absolute atomic E-state index is 0.354. The number of ether oxygens (including phenoxy) is 1. The summed E-state index contributed by atoms with van der Waals surface area (Å²) in [5.74, 6) is 0.897. The van der Waals surface area contributed by atoms with E-state index in [0.29, 0.717) is 12.0 Å². The first-order valence-corrected chi connectivity index (χ1v) is 9.51. The van der Waals surface area contributed by atoms with Crippen LogP contribution in [0.2, 0.25) is 0 Å². The molecule has 1 aliphatic carbocycles. The molecule has 1 fully saturated rings. The molecule has 142 valence electrons. The average Bonchev–Trinajstić information content (AvgIpc) is 3.15. The van der Waals surface area contributed by atoms with Crippen molar-refractivity contribution >= 4 is 5.96 Å². The van der Waals surface area contributed by atoms with Crippen molar-refractivity contribution in [2.75, 3.05) is 26.8 Å². The van der Waals surface area contributed by atoms with E-state index >= 15 is 0 Å². The second-order valence-electron chi connectivity index (χ2n) is 7.27. The van der Waals surface area contributed by atoms with Gasteiger partial charge in [0.2, 0.25) is 0 Å². The van der Waals surface area contributed by atoms with E-state index in [1.807, 2.05) is 11.7 Å². The highest BCUT2D eigenvalue weighted by Gasteiger charge is 2.33. The molecule has 0 bridgehead atoms. The molecule has 0 unspecified atom stereocenters. The minimum atomic E-state index is 0.354. The summed E-state index contributed by atoms with van der Waals surface area (Å²) in [4.78, 5) is 4.80. The lowest BCUT2D eigenvalue weighted by Gasteiger charge is -2.30. The third-order valence-corrected chi connectivity index (χ3v) is 5.53. The van der Waals surface area contributed by atoms with Gasteiger partial charge in [0.15, 0.2) is 5.96 Å². The summed E-state index contributed by atoms with van der Waals surface area (Å²) >= 11 is 0. The molecule has 25 heavy (non-hydrogen) atoms. The molecule has 1 saturated carbocycles. The van der Waals surface area contributed by atoms with Crippen molar-refractivity contribution in [1.82, 2.24) is 20.4 Å². The van der Waals surface area contributed by atoms with Gasteiger partial charge in [-0.3, -0.25) is 4.68 Å². The van der Waals surface area contributed by atoms with Crippen molar-refractivity contribution in [3.63, 3.8) is 0 Å². The first-order chi connectivity index (χ1) is 12.0. The highest BCUT2D eigenvalue weighted by atomic mass is 16.5. The molecule has 1 aliphatic rings. The Labute approximate surface area is 152 Å². The van der Waals surface area contributed by atoms with Gasteiger partial charge in [-0.2, -0.15) is 5.10 Å². The summed E-state index contributed by atoms with van der Waals surface area (Å²) in [5.41, 5.74) is 3.82. The molecule has 0 aliphatic heterocycles. The smallest absolute Gasteiger partial charge is 0.191 e. The number of rotatable bonds is 8. The number of methoxy groups -OCH3 is 1. The maximum atomic E-state index is 5.33. The van der Waals surface area contributed by atoms with Crippen LogP contribution in [-0.2, 0) is 18.3 Å². The van der Waals surface area contributed by atoms with Gasteiger partial charge in [0.25, 0.3) is 0 Å². The average molecular weight is 350 g/mol. The number of aryl methyl sites for hydroxylation is 2. The van der Waals surface area contributed by atoms with Crippen molar-refractivity contribution in [1.29, 1.82) is 0 Å². The number of aliphatic imine (C=N–C) groups is 1. The maximum absolute atomic E-state index is 5.33. The van der Waals surface area contributed by atoms with Crippen molar-refractivity contribution in [2.45, 2.75) is 59.4 Å². The standard InChI is InChI=1S/C19H35N5O/c1-6-20-18(21-13-17-15(2)23-24(4)16(17)3)22-14-19(11-12-25-5)9-7-8-10-19/h6-14H2,1-5H3,(H2,20,21,22). The molecule has 2 rings (SSSR count). The van der Waals surface area contributed by atoms with Crippen LogP contribution in [0.15, 0.2) is 4.99 Å². The Morgan fingerprint density at radius 2 is 2.00 bits per heavy atom. The topological polar surface area (TPSA) is 63.5 Å². The predicted molar refractivity (Wildman–Crippen MR) is 103 cm³/mol. The molecule has 0 spiro atoms. The monoisotopic (exact) mass is 349 g/mol. The molecule has 6 nitrogen and oxygen atoms in total. The molecule has 0 atom stereocenters. The van der Waals surface area contributed by atoms with Gasteiger partial charge in [-0.05, 0) is 45.4 Å². The van der Waals surface area contributed by atoms with E-state index in [9.17, 15) is 0 Å². The van der Waals surface area contributed by atoms with Gasteiger partial charge in [0, 0.05) is 45.1 Å². The highest BCUT2D eigenvalue weighted by Crippen LogP contribution is 2.40. The van der Waals surface area contributed by atoms with Gasteiger partial charge < -0.3 is 15.4 Å². The second kappa shape index (κ2) is 9.22. The number of guanidine groups is 1. The number of nitrogens with one attached hydrogen (secondary N) is 2. The molecule has 0 saturated heterocycles. The van der Waals surface area contributed by atoms with E-state index in [4.69, 9.17) is 9.73 Å². The lowest BCUT2D eigenvalue weighted by atomic mass is 9.83. The van der Waals surface area contributed by atoms with Crippen LogP contribution in [0, 0.1) is 19.3 Å². The van der Waals surface area contributed by atoms with Crippen LogP contribution in [0.25, 0.3) is 0 Å². The molecule has 0 aromatic carbocycles. The van der Waals surface area contributed by atoms with Gasteiger partial charge >= 0.3 is 0 Å². The van der Waals surface area contributed by atoms with Gasteiger partial charge in [-0.25, -0.2) is 4.99 Å². The third kappa shape index (κ3) is 5.21. The van der Waals surface area contributed by atoms with Gasteiger partial charge in [-0.15, -0.1) is 0 Å². The Morgan fingerprint density at radius 1 is 1.28 bits per heavy atom. The Morgan fingerprint density at radius 3 is 2.56 bits per heavy atom. The van der Waals surface area contributed by atoms with Crippen molar-refractivity contribution in [3.8, 4) is 0 Å². The zero-order chi connectivity index (χ0) is 18.3. The summed E-state index contributed by atoms with van der Waals surface area (Å²) < 4.78 is 7.26. The molecule has 1 aromatic heterocycles. The molecule has 1 heterocycles. The molecule has 0 radical (unpaired) electrons. The number of hydrogen-bond donors (Lipinski definition) is 2. The highest BCUT2D eigenvalue weighted by molar-refractivity contribution is 5.79. The van der Waals surface area contributed by atoms with Crippen LogP contribution in [-0.4, -0.2) is 42.5 Å². The van der Waals surface area contributed by atoms with E-state index in [1.54, 1.807) is 7.11 Å². The summed E-state index contributed by atoms with van der Waals surface area (Å²) in [6.07, 6.45) is 6.34. The van der Waals surface area contributed by atoms with Crippen molar-refractivity contribution < 1.29 is 4.74 Å². The van der Waals surface area contributed by atoms with Crippen LogP contribution >= 0.6 is 0 Å². The van der Waals surface area contributed by atoms with E-state index in [-0.39, 0.29) is 0 Å². The van der Waals surface area contributed by atoms with Gasteiger partial charge in [0.1, 0.15) is 0 Å². The Kier molecular flexibility index (Phi) is 7.29. The maximum Gasteiger partial charge on any atom is 0.191 e. The zero-order valence-electron chi connectivity index (χ0n) is 16.6. The van der Waals surface area contributed by atoms with Crippen LogP contribution in [0.5, 0.6) is 0 Å². The quantitative estimate of drug-likeness (QED) is 0.559. The van der Waals surface area contributed by atoms with Gasteiger partial charge in [0.05, 0.1) is 12.2 Å². The summed E-state index contributed by atoms with van der Waals surface area (Å²) in [5, 5.41) is 11.4. The summed E-state index contributed by atoms with van der Waals surface area (Å²) in [7, 11) is 3.78.